The average molecular weight is 184 g/mol. The predicted octanol–water partition coefficient (Wildman–Crippen LogP) is 3.15. The van der Waals surface area contributed by atoms with Crippen molar-refractivity contribution in [3.63, 3.8) is 0 Å². The summed E-state index contributed by atoms with van der Waals surface area (Å²) in [4.78, 5) is 0. The predicted molar refractivity (Wildman–Crippen MR) is 52.4 cm³/mol. The third-order valence-electron chi connectivity index (χ3n) is 1.45. The summed E-state index contributed by atoms with van der Waals surface area (Å²) < 4.78 is 0. The van der Waals surface area contributed by atoms with E-state index >= 15 is 0 Å². The fourth-order valence-electron chi connectivity index (χ4n) is 0.887. The Labute approximate surface area is 77.2 Å². The van der Waals surface area contributed by atoms with Gasteiger partial charge in [-0.25, -0.2) is 0 Å². The molecular formula is C9H8ClS. The molecule has 0 atom stereocenters. The third kappa shape index (κ3) is 2.60. The minimum atomic E-state index is 0.791. The number of benzene rings is 1. The second-order valence-corrected chi connectivity index (χ2v) is 2.93. The first-order valence-corrected chi connectivity index (χ1v) is 4.21. The van der Waals surface area contributed by atoms with Crippen LogP contribution < -0.4 is 0 Å². The number of halogens is 1. The summed E-state index contributed by atoms with van der Waals surface area (Å²) in [6.07, 6.45) is 1.68. The van der Waals surface area contributed by atoms with Crippen molar-refractivity contribution in [2.45, 2.75) is 12.8 Å². The summed E-state index contributed by atoms with van der Waals surface area (Å²) in [6.45, 7) is 0. The van der Waals surface area contributed by atoms with Crippen LogP contribution in [0.4, 0.5) is 0 Å². The molecule has 0 aromatic heterocycles. The van der Waals surface area contributed by atoms with Gasteiger partial charge in [-0.3, -0.25) is 0 Å². The van der Waals surface area contributed by atoms with Crippen LogP contribution in [-0.4, -0.2) is 5.37 Å². The van der Waals surface area contributed by atoms with Crippen molar-refractivity contribution in [3.05, 3.63) is 34.9 Å². The van der Waals surface area contributed by atoms with E-state index < -0.39 is 0 Å². The number of hydrogen-bond acceptors (Lipinski definition) is 1. The molecule has 0 aliphatic carbocycles. The molecule has 57 valence electrons. The molecule has 0 heterocycles. The van der Waals surface area contributed by atoms with Gasteiger partial charge in [-0.2, -0.15) is 0 Å². The van der Waals surface area contributed by atoms with Gasteiger partial charge in [0.15, 0.2) is 0 Å². The zero-order chi connectivity index (χ0) is 8.10. The Morgan fingerprint density at radius 3 is 2.73 bits per heavy atom. The van der Waals surface area contributed by atoms with Crippen molar-refractivity contribution in [1.29, 1.82) is 0 Å². The molecule has 0 N–H and O–H groups in total. The van der Waals surface area contributed by atoms with Gasteiger partial charge in [0.2, 0.25) is 0 Å². The van der Waals surface area contributed by atoms with Crippen LogP contribution in [0.25, 0.3) is 0 Å². The maximum atomic E-state index is 5.90. The Morgan fingerprint density at radius 2 is 2.09 bits per heavy atom. The summed E-state index contributed by atoms with van der Waals surface area (Å²) in [7, 11) is 0. The quantitative estimate of drug-likeness (QED) is 0.649. The molecule has 0 saturated carbocycles. The highest BCUT2D eigenvalue weighted by Gasteiger charge is 1.95. The van der Waals surface area contributed by atoms with E-state index in [0.29, 0.717) is 0 Å². The Balaban J connectivity index is 2.69. The van der Waals surface area contributed by atoms with Crippen LogP contribution in [0.15, 0.2) is 24.3 Å². The highest BCUT2D eigenvalue weighted by Crippen LogP contribution is 2.15. The molecule has 0 fully saturated rings. The molecule has 0 saturated heterocycles. The molecule has 0 unspecified atom stereocenters. The Hall–Kier alpha value is -0.400. The summed E-state index contributed by atoms with van der Waals surface area (Å²) >= 11 is 10.5. The van der Waals surface area contributed by atoms with Gasteiger partial charge in [-0.15, -0.1) is 0 Å². The minimum Gasteiger partial charge on any atom is -0.0840 e. The third-order valence-corrected chi connectivity index (χ3v) is 2.03. The molecule has 1 rings (SSSR count). The molecule has 0 bridgehead atoms. The van der Waals surface area contributed by atoms with E-state index in [9.17, 15) is 0 Å². The van der Waals surface area contributed by atoms with E-state index in [4.69, 9.17) is 11.6 Å². The van der Waals surface area contributed by atoms with Gasteiger partial charge in [0, 0.05) is 10.4 Å². The second kappa shape index (κ2) is 4.47. The average Bonchev–Trinajstić information content (AvgIpc) is 2.03. The Kier molecular flexibility index (Phi) is 3.53. The summed E-state index contributed by atoms with van der Waals surface area (Å²) in [5.74, 6) is 0. The van der Waals surface area contributed by atoms with Crippen LogP contribution in [0.1, 0.15) is 12.0 Å². The van der Waals surface area contributed by atoms with Crippen LogP contribution in [-0.2, 0) is 6.42 Å². The second-order valence-electron chi connectivity index (χ2n) is 2.24. The largest absolute Gasteiger partial charge is 0.0840 e. The number of aryl methyl sites for hydroxylation is 1. The van der Waals surface area contributed by atoms with Crippen molar-refractivity contribution in [3.8, 4) is 0 Å². The fraction of sp³-hybridized carbons (Fsp3) is 0.222. The van der Waals surface area contributed by atoms with Crippen LogP contribution in [0, 0.1) is 0 Å². The zero-order valence-corrected chi connectivity index (χ0v) is 7.58. The van der Waals surface area contributed by atoms with Gasteiger partial charge in [0.05, 0.1) is 0 Å². The lowest BCUT2D eigenvalue weighted by molar-refractivity contribution is 1.07. The van der Waals surface area contributed by atoms with Gasteiger partial charge in [0.1, 0.15) is 0 Å². The zero-order valence-electron chi connectivity index (χ0n) is 6.01. The molecule has 0 amide bonds. The topological polar surface area (TPSA) is 0 Å². The van der Waals surface area contributed by atoms with Crippen molar-refractivity contribution < 1.29 is 0 Å². The van der Waals surface area contributed by atoms with Gasteiger partial charge < -0.3 is 0 Å². The summed E-state index contributed by atoms with van der Waals surface area (Å²) in [5, 5.41) is 3.49. The van der Waals surface area contributed by atoms with E-state index in [-0.39, 0.29) is 0 Å². The van der Waals surface area contributed by atoms with E-state index in [2.05, 4.69) is 17.6 Å². The lowest BCUT2D eigenvalue weighted by Gasteiger charge is -1.99. The van der Waals surface area contributed by atoms with Crippen LogP contribution in [0.3, 0.4) is 0 Å². The number of hydrogen-bond donors (Lipinski definition) is 0. The molecule has 2 heteroatoms. The normalized spacial score (nSPS) is 9.55. The molecular weight excluding hydrogens is 176 g/mol. The highest BCUT2D eigenvalue weighted by atomic mass is 35.5. The van der Waals surface area contributed by atoms with E-state index in [1.165, 1.54) is 0 Å². The molecule has 0 spiro atoms. The van der Waals surface area contributed by atoms with Crippen molar-refractivity contribution in [1.82, 2.24) is 0 Å². The summed E-state index contributed by atoms with van der Waals surface area (Å²) in [5.41, 5.74) is 1.14. The van der Waals surface area contributed by atoms with Crippen molar-refractivity contribution >= 4 is 29.2 Å². The van der Waals surface area contributed by atoms with Gasteiger partial charge in [-0.1, -0.05) is 42.0 Å². The van der Waals surface area contributed by atoms with E-state index in [1.54, 1.807) is 0 Å². The SMILES string of the molecule is S=[C]CCc1ccccc1Cl. The monoisotopic (exact) mass is 183 g/mol. The molecule has 11 heavy (non-hydrogen) atoms. The molecule has 0 nitrogen and oxygen atoms in total. The van der Waals surface area contributed by atoms with Gasteiger partial charge in [-0.05, 0) is 24.5 Å². The standard InChI is InChI=1S/C9H8ClS/c10-9-6-2-1-4-8(9)5-3-7-11/h1-2,4,6H,3,5H2. The minimum absolute atomic E-state index is 0.791. The maximum absolute atomic E-state index is 5.90. The van der Waals surface area contributed by atoms with E-state index in [1.807, 2.05) is 24.3 Å². The molecule has 0 aliphatic heterocycles. The number of thiocarbonyl (C=S) groups is 1. The lowest BCUT2D eigenvalue weighted by Crippen LogP contribution is -1.85. The van der Waals surface area contributed by atoms with Crippen LogP contribution >= 0.6 is 23.8 Å². The first-order chi connectivity index (χ1) is 5.34. The first kappa shape index (κ1) is 8.69. The van der Waals surface area contributed by atoms with Crippen molar-refractivity contribution in [2.24, 2.45) is 0 Å². The van der Waals surface area contributed by atoms with Gasteiger partial charge >= 0.3 is 0 Å². The van der Waals surface area contributed by atoms with Crippen molar-refractivity contribution in [2.75, 3.05) is 0 Å². The smallest absolute Gasteiger partial charge is 0.0438 e. The van der Waals surface area contributed by atoms with Gasteiger partial charge in [0.25, 0.3) is 0 Å². The van der Waals surface area contributed by atoms with E-state index in [0.717, 1.165) is 23.4 Å². The number of rotatable bonds is 3. The lowest BCUT2D eigenvalue weighted by atomic mass is 10.1. The summed E-state index contributed by atoms with van der Waals surface area (Å²) in [6, 6.07) is 7.80. The molecule has 1 aromatic rings. The molecule has 1 radical (unpaired) electrons. The highest BCUT2D eigenvalue weighted by molar-refractivity contribution is 7.78. The van der Waals surface area contributed by atoms with Crippen LogP contribution in [0.5, 0.6) is 0 Å². The Morgan fingerprint density at radius 1 is 1.36 bits per heavy atom. The first-order valence-electron chi connectivity index (χ1n) is 3.43. The molecule has 1 aromatic carbocycles. The van der Waals surface area contributed by atoms with Crippen LogP contribution in [0.2, 0.25) is 5.02 Å². The molecule has 0 aliphatic rings. The maximum Gasteiger partial charge on any atom is 0.0438 e. The Bertz CT molecular complexity index is 245. The fourth-order valence-corrected chi connectivity index (χ4v) is 1.22.